The maximum absolute atomic E-state index is 13.8. The maximum atomic E-state index is 13.8. The molecule has 7 amide bonds. The molecule has 6 atom stereocenters. The van der Waals surface area contributed by atoms with Gasteiger partial charge in [0.05, 0.1) is 57.3 Å². The van der Waals surface area contributed by atoms with E-state index >= 15 is 0 Å². The monoisotopic (exact) mass is 1780 g/mol. The highest BCUT2D eigenvalue weighted by Crippen LogP contribution is 2.25. The third-order valence-electron chi connectivity index (χ3n) is 22.1. The zero-order valence-electron chi connectivity index (χ0n) is 76.6. The summed E-state index contributed by atoms with van der Waals surface area (Å²) in [6.07, 6.45) is 39.7. The van der Waals surface area contributed by atoms with Gasteiger partial charge in [0.15, 0.2) is 11.6 Å². The number of rotatable bonds is 92. The highest BCUT2D eigenvalue weighted by atomic mass is 16.5. The lowest BCUT2D eigenvalue weighted by atomic mass is 9.82. The van der Waals surface area contributed by atoms with Crippen LogP contribution in [0.4, 0.5) is 0 Å². The molecule has 0 aliphatic heterocycles. The normalized spacial score (nSPS) is 12.8. The van der Waals surface area contributed by atoms with Crippen molar-refractivity contribution >= 4 is 88.4 Å². The van der Waals surface area contributed by atoms with E-state index in [2.05, 4.69) is 37.2 Å². The fourth-order valence-electron chi connectivity index (χ4n) is 14.2. The molecule has 0 aromatic carbocycles. The van der Waals surface area contributed by atoms with Crippen LogP contribution in [-0.2, 0) is 90.9 Å². The minimum Gasteiger partial charge on any atom is -0.481 e. The van der Waals surface area contributed by atoms with Gasteiger partial charge in [0.2, 0.25) is 41.4 Å². The Balaban J connectivity index is 4.24. The lowest BCUT2D eigenvalue weighted by Gasteiger charge is -2.23. The number of nitrogens with one attached hydrogen (secondary N) is 7. The predicted octanol–water partition coefficient (Wildman–Crippen LogP) is 10.9. The van der Waals surface area contributed by atoms with Crippen molar-refractivity contribution < 1.29 is 111 Å². The van der Waals surface area contributed by atoms with Gasteiger partial charge in [0.25, 0.3) is 0 Å². The standard InChI is InChI=1S/C92H166N10O23/c1-71(103)72(43-37-40-57-99-88(116)75(93)46-32-30-31-45-74(104)69-124-65-63-122-61-59-97-81(107)54-52-77(90(118)119)101-83(109)49-34-27-23-19-15-11-8-9-13-17-21-25-29-36-51-87(114)115)67-79(105)73(68-80(106)92(2,3)95)44-38-41-58-100-89(117)76(94)47-39-42-56-96-85(111)70-125-66-64-123-62-60-98-82(108)55-53-78(91(120)121)102-84(110)48-33-26-22-18-14-10-6-4-5-7-12-16-20-24-28-35-50-86(112)113/h72-73,75-78H,4-70,93-95H2,1-3H3,(H,96,111)(H,97,107)(H,98,108)(H,99,116)(H,100,117)(H,101,109)(H,102,110)(H,112,113)(H,114,115)(H,118,119)(H,120,121)/t72-,73-,75+,76+,77+,78+/m1/s1. The molecular formula is C92H166N10O23. The second-order valence-corrected chi connectivity index (χ2v) is 34.2. The number of ketones is 4. The highest BCUT2D eigenvalue weighted by molar-refractivity contribution is 5.94. The summed E-state index contributed by atoms with van der Waals surface area (Å²) in [6.45, 7) is 6.54. The van der Waals surface area contributed by atoms with E-state index < -0.39 is 65.4 Å². The van der Waals surface area contributed by atoms with Crippen molar-refractivity contribution in [2.45, 2.75) is 397 Å². The Morgan fingerprint density at radius 1 is 0.304 bits per heavy atom. The summed E-state index contributed by atoms with van der Waals surface area (Å²) in [7, 11) is 0. The van der Waals surface area contributed by atoms with Crippen LogP contribution in [0.5, 0.6) is 0 Å². The van der Waals surface area contributed by atoms with Gasteiger partial charge in [-0.15, -0.1) is 0 Å². The van der Waals surface area contributed by atoms with Crippen LogP contribution in [0.2, 0.25) is 0 Å². The number of unbranched alkanes of at least 4 members (excludes halogenated alkanes) is 33. The number of carbonyl (C=O) groups is 15. The Hall–Kier alpha value is -7.43. The van der Waals surface area contributed by atoms with E-state index in [-0.39, 0.29) is 201 Å². The second kappa shape index (κ2) is 79.9. The molecule has 0 fully saturated rings. The number of ether oxygens (including phenoxy) is 4. The molecule has 33 heteroatoms. The SMILES string of the molecule is CC(=O)[C@H](CCCCNC(=O)[C@@H](N)CCCCCC(=O)COCCOCCNC(=O)CC[C@H](NC(=O)CCCCCCCCCCCCCCCCC(=O)O)C(=O)O)CC(=O)[C@H](CCCCNC(=O)[C@@H](N)CCCCNC(=O)COCCOCCNC(=O)CC[C@H](NC(=O)CCCCCCCCCCCCCCCCCCC(=O)O)C(=O)O)CC(=O)C(C)(C)N. The maximum Gasteiger partial charge on any atom is 0.326 e. The number of amides is 7. The van der Waals surface area contributed by atoms with Crippen LogP contribution >= 0.6 is 0 Å². The van der Waals surface area contributed by atoms with Gasteiger partial charge in [-0.3, -0.25) is 62.3 Å². The fraction of sp³-hybridized carbons (Fsp3) is 0.837. The van der Waals surface area contributed by atoms with Gasteiger partial charge in [-0.05, 0) is 117 Å². The molecule has 0 saturated heterocycles. The zero-order chi connectivity index (χ0) is 92.8. The van der Waals surface area contributed by atoms with Crippen molar-refractivity contribution in [3.8, 4) is 0 Å². The summed E-state index contributed by atoms with van der Waals surface area (Å²) in [5, 5.41) is 55.5. The topological polar surface area (TPSA) is 536 Å². The third-order valence-corrected chi connectivity index (χ3v) is 22.1. The smallest absolute Gasteiger partial charge is 0.326 e. The van der Waals surface area contributed by atoms with Gasteiger partial charge in [0, 0.05) is 102 Å². The average molecular weight is 1780 g/mol. The first-order valence-corrected chi connectivity index (χ1v) is 47.5. The average Bonchev–Trinajstić information content (AvgIpc) is 0.863. The number of nitrogens with two attached hydrogens (primary N) is 3. The number of aliphatic carboxylic acids is 4. The van der Waals surface area contributed by atoms with Crippen molar-refractivity contribution in [2.24, 2.45) is 29.0 Å². The van der Waals surface area contributed by atoms with Crippen LogP contribution in [0.1, 0.15) is 367 Å². The molecule has 0 bridgehead atoms. The molecule has 0 heterocycles. The third kappa shape index (κ3) is 75.3. The van der Waals surface area contributed by atoms with Crippen molar-refractivity contribution in [1.29, 1.82) is 0 Å². The van der Waals surface area contributed by atoms with E-state index in [1.807, 2.05) is 0 Å². The van der Waals surface area contributed by atoms with Crippen LogP contribution in [0, 0.1) is 11.8 Å². The van der Waals surface area contributed by atoms with E-state index in [9.17, 15) is 82.1 Å². The Morgan fingerprint density at radius 2 is 0.616 bits per heavy atom. The molecule has 0 spiro atoms. The van der Waals surface area contributed by atoms with Gasteiger partial charge in [-0.2, -0.15) is 0 Å². The molecule has 0 aliphatic rings. The Morgan fingerprint density at radius 3 is 0.984 bits per heavy atom. The summed E-state index contributed by atoms with van der Waals surface area (Å²) < 4.78 is 21.8. The summed E-state index contributed by atoms with van der Waals surface area (Å²) >= 11 is 0. The first kappa shape index (κ1) is 118. The molecule has 0 aromatic rings. The number of hydrogen-bond donors (Lipinski definition) is 14. The number of carboxylic acid groups (broad SMARTS) is 4. The minimum absolute atomic E-state index is 0.0520. The van der Waals surface area contributed by atoms with Crippen molar-refractivity contribution in [3.05, 3.63) is 0 Å². The lowest BCUT2D eigenvalue weighted by Crippen LogP contribution is -2.43. The molecule has 0 aromatic heterocycles. The van der Waals surface area contributed by atoms with E-state index in [4.69, 9.17) is 46.4 Å². The van der Waals surface area contributed by atoms with Crippen LogP contribution in [-0.4, -0.2) is 224 Å². The molecule has 33 nitrogen and oxygen atoms in total. The summed E-state index contributed by atoms with van der Waals surface area (Å²) in [6, 6.07) is -3.89. The number of carboxylic acids is 4. The summed E-state index contributed by atoms with van der Waals surface area (Å²) in [5.74, 6) is -8.33. The second-order valence-electron chi connectivity index (χ2n) is 34.2. The van der Waals surface area contributed by atoms with Gasteiger partial charge >= 0.3 is 23.9 Å². The number of carbonyl (C=O) groups excluding carboxylic acids is 11. The molecule has 0 saturated carbocycles. The van der Waals surface area contributed by atoms with E-state index in [1.54, 1.807) is 13.8 Å². The summed E-state index contributed by atoms with van der Waals surface area (Å²) in [5.41, 5.74) is 17.3. The molecule has 17 N–H and O–H groups in total. The Kier molecular flexibility index (Phi) is 75.2. The summed E-state index contributed by atoms with van der Waals surface area (Å²) in [4.78, 5) is 185. The van der Waals surface area contributed by atoms with E-state index in [1.165, 1.54) is 90.4 Å². The molecule has 0 radical (unpaired) electrons. The van der Waals surface area contributed by atoms with Crippen LogP contribution in [0.3, 0.4) is 0 Å². The van der Waals surface area contributed by atoms with E-state index in [0.29, 0.717) is 116 Å². The van der Waals surface area contributed by atoms with Gasteiger partial charge in [0.1, 0.15) is 36.9 Å². The number of Topliss-reactive ketones (excluding diaryl/α,β-unsaturated/α-hetero) is 4. The first-order valence-electron chi connectivity index (χ1n) is 47.5. The minimum atomic E-state index is -1.20. The molecular weight excluding hydrogens is 1610 g/mol. The predicted molar refractivity (Wildman–Crippen MR) is 479 cm³/mol. The molecule has 0 aliphatic carbocycles. The van der Waals surface area contributed by atoms with Crippen molar-refractivity contribution in [3.63, 3.8) is 0 Å². The first-order chi connectivity index (χ1) is 59.9. The quantitative estimate of drug-likeness (QED) is 0.0252. The van der Waals surface area contributed by atoms with Gasteiger partial charge < -0.3 is 93.8 Å². The van der Waals surface area contributed by atoms with E-state index in [0.717, 1.165) is 96.3 Å². The Labute approximate surface area is 745 Å². The van der Waals surface area contributed by atoms with Crippen molar-refractivity contribution in [2.75, 3.05) is 85.6 Å². The number of hydrogen-bond acceptors (Lipinski definition) is 22. The largest absolute Gasteiger partial charge is 0.481 e. The van der Waals surface area contributed by atoms with Crippen LogP contribution < -0.4 is 54.4 Å². The Bertz CT molecular complexity index is 2980. The molecule has 722 valence electrons. The zero-order valence-corrected chi connectivity index (χ0v) is 76.6. The van der Waals surface area contributed by atoms with Crippen LogP contribution in [0.15, 0.2) is 0 Å². The van der Waals surface area contributed by atoms with Crippen LogP contribution in [0.25, 0.3) is 0 Å². The molecule has 125 heavy (non-hydrogen) atoms. The fourth-order valence-corrected chi connectivity index (χ4v) is 14.2. The van der Waals surface area contributed by atoms with Crippen molar-refractivity contribution in [1.82, 2.24) is 37.2 Å². The highest BCUT2D eigenvalue weighted by Gasteiger charge is 2.31. The molecule has 0 rings (SSSR count). The molecule has 0 unspecified atom stereocenters. The lowest BCUT2D eigenvalue weighted by molar-refractivity contribution is -0.142. The van der Waals surface area contributed by atoms with Gasteiger partial charge in [-0.1, -0.05) is 193 Å². The van der Waals surface area contributed by atoms with Gasteiger partial charge in [-0.25, -0.2) is 9.59 Å².